The van der Waals surface area contributed by atoms with Crippen LogP contribution in [0.2, 0.25) is 0 Å². The fourth-order valence-electron chi connectivity index (χ4n) is 3.80. The van der Waals surface area contributed by atoms with Gasteiger partial charge in [0, 0.05) is 37.0 Å². The molecule has 1 heterocycles. The highest BCUT2D eigenvalue weighted by Gasteiger charge is 2.18. The first kappa shape index (κ1) is 20.1. The van der Waals surface area contributed by atoms with E-state index in [2.05, 4.69) is 39.3 Å². The summed E-state index contributed by atoms with van der Waals surface area (Å²) in [6.07, 6.45) is 5.52. The average molecular weight is 382 g/mol. The number of rotatable bonds is 8. The number of aromatic nitrogens is 2. The first-order chi connectivity index (χ1) is 13.6. The van der Waals surface area contributed by atoms with Gasteiger partial charge in [0.2, 0.25) is 5.91 Å². The number of amides is 1. The van der Waals surface area contributed by atoms with Gasteiger partial charge in [0.05, 0.1) is 0 Å². The van der Waals surface area contributed by atoms with E-state index >= 15 is 0 Å². The second-order valence-electron chi connectivity index (χ2n) is 7.44. The summed E-state index contributed by atoms with van der Waals surface area (Å²) in [5.41, 5.74) is 1.76. The Hall–Kier alpha value is -2.63. The predicted molar refractivity (Wildman–Crippen MR) is 115 cm³/mol. The molecule has 0 atom stereocenters. The van der Waals surface area contributed by atoms with Gasteiger partial charge in [-0.05, 0) is 63.8 Å². The number of aryl methyl sites for hydroxylation is 1. The molecule has 6 heteroatoms. The normalized spacial score (nSPS) is 14.1. The van der Waals surface area contributed by atoms with Crippen molar-refractivity contribution in [3.05, 3.63) is 36.2 Å². The van der Waals surface area contributed by atoms with Crippen LogP contribution in [0.25, 0.3) is 0 Å². The molecule has 1 aromatic carbocycles. The van der Waals surface area contributed by atoms with Crippen LogP contribution in [0.1, 0.15) is 51.8 Å². The Balaban J connectivity index is 1.61. The minimum Gasteiger partial charge on any atom is -0.357 e. The third kappa shape index (κ3) is 5.44. The molecule has 1 aromatic heterocycles. The van der Waals surface area contributed by atoms with Gasteiger partial charge in [-0.2, -0.15) is 0 Å². The van der Waals surface area contributed by atoms with Gasteiger partial charge < -0.3 is 15.5 Å². The fourth-order valence-corrected chi connectivity index (χ4v) is 3.80. The van der Waals surface area contributed by atoms with Crippen molar-refractivity contribution in [1.82, 2.24) is 9.97 Å². The van der Waals surface area contributed by atoms with Crippen molar-refractivity contribution in [2.24, 2.45) is 5.92 Å². The van der Waals surface area contributed by atoms with Crippen molar-refractivity contribution in [2.45, 2.75) is 52.9 Å². The lowest BCUT2D eigenvalue weighted by Gasteiger charge is -2.20. The van der Waals surface area contributed by atoms with Gasteiger partial charge in [0.25, 0.3) is 0 Å². The smallest absolute Gasteiger partial charge is 0.224 e. The molecule has 0 unspecified atom stereocenters. The maximum Gasteiger partial charge on any atom is 0.224 e. The molecule has 1 aliphatic rings. The number of carbonyl (C=O) groups excluding carboxylic acids is 1. The van der Waals surface area contributed by atoms with Gasteiger partial charge in [-0.25, -0.2) is 9.97 Å². The number of carbonyl (C=O) groups is 1. The van der Waals surface area contributed by atoms with Crippen LogP contribution >= 0.6 is 0 Å². The molecular weight excluding hydrogens is 350 g/mol. The second kappa shape index (κ2) is 9.53. The summed E-state index contributed by atoms with van der Waals surface area (Å²) in [5.74, 6) is 3.11. The van der Waals surface area contributed by atoms with Gasteiger partial charge in [-0.1, -0.05) is 12.8 Å². The van der Waals surface area contributed by atoms with Crippen LogP contribution in [0.3, 0.4) is 0 Å². The molecular formula is C22H31N5O. The van der Waals surface area contributed by atoms with Crippen LogP contribution in [-0.4, -0.2) is 29.0 Å². The SMILES string of the molecule is CCN(CC)c1cc(Nc2ccc(NC(=O)CC3CCCC3)cc2)nc(C)n1. The molecule has 1 amide bonds. The zero-order valence-electron chi connectivity index (χ0n) is 17.2. The highest BCUT2D eigenvalue weighted by Crippen LogP contribution is 2.28. The lowest BCUT2D eigenvalue weighted by atomic mass is 10.0. The molecule has 1 aliphatic carbocycles. The van der Waals surface area contributed by atoms with E-state index in [-0.39, 0.29) is 5.91 Å². The average Bonchev–Trinajstić information content (AvgIpc) is 3.17. The molecule has 28 heavy (non-hydrogen) atoms. The maximum atomic E-state index is 12.2. The highest BCUT2D eigenvalue weighted by molar-refractivity contribution is 5.91. The minimum atomic E-state index is 0.114. The number of hydrogen-bond donors (Lipinski definition) is 2. The Morgan fingerprint density at radius 2 is 1.71 bits per heavy atom. The van der Waals surface area contributed by atoms with Gasteiger partial charge in [0.15, 0.2) is 0 Å². The van der Waals surface area contributed by atoms with Crippen LogP contribution < -0.4 is 15.5 Å². The van der Waals surface area contributed by atoms with E-state index in [9.17, 15) is 4.79 Å². The molecule has 0 aliphatic heterocycles. The Morgan fingerprint density at radius 3 is 2.36 bits per heavy atom. The van der Waals surface area contributed by atoms with Crippen molar-refractivity contribution >= 4 is 28.9 Å². The lowest BCUT2D eigenvalue weighted by molar-refractivity contribution is -0.117. The van der Waals surface area contributed by atoms with Crippen LogP contribution in [0.5, 0.6) is 0 Å². The first-order valence-electron chi connectivity index (χ1n) is 10.3. The van der Waals surface area contributed by atoms with Crippen molar-refractivity contribution in [3.63, 3.8) is 0 Å². The Morgan fingerprint density at radius 1 is 1.07 bits per heavy atom. The standard InChI is InChI=1S/C22H31N5O/c1-4-27(5-2)21-15-20(23-16(3)24-21)25-18-10-12-19(13-11-18)26-22(28)14-17-8-6-7-9-17/h10-13,15,17H,4-9,14H2,1-3H3,(H,26,28)(H,23,24,25). The molecule has 0 radical (unpaired) electrons. The van der Waals surface area contributed by atoms with E-state index in [0.717, 1.165) is 41.9 Å². The first-order valence-corrected chi connectivity index (χ1v) is 10.3. The molecule has 1 saturated carbocycles. The minimum absolute atomic E-state index is 0.114. The largest absolute Gasteiger partial charge is 0.357 e. The van der Waals surface area contributed by atoms with Crippen LogP contribution in [-0.2, 0) is 4.79 Å². The summed E-state index contributed by atoms with van der Waals surface area (Å²) in [5, 5.41) is 6.35. The Bertz CT molecular complexity index is 780. The zero-order chi connectivity index (χ0) is 19.9. The summed E-state index contributed by atoms with van der Waals surface area (Å²) < 4.78 is 0. The van der Waals surface area contributed by atoms with E-state index in [1.807, 2.05) is 37.3 Å². The molecule has 0 spiro atoms. The lowest BCUT2D eigenvalue weighted by Crippen LogP contribution is -2.23. The summed E-state index contributed by atoms with van der Waals surface area (Å²) in [7, 11) is 0. The quantitative estimate of drug-likeness (QED) is 0.681. The number of nitrogens with one attached hydrogen (secondary N) is 2. The van der Waals surface area contributed by atoms with Crippen molar-refractivity contribution in [2.75, 3.05) is 28.6 Å². The Kier molecular flexibility index (Phi) is 6.85. The van der Waals surface area contributed by atoms with E-state index in [1.165, 1.54) is 25.7 Å². The Labute approximate surface area is 167 Å². The number of anilines is 4. The van der Waals surface area contributed by atoms with Gasteiger partial charge >= 0.3 is 0 Å². The summed E-state index contributed by atoms with van der Waals surface area (Å²) in [6, 6.07) is 9.74. The number of benzene rings is 1. The van der Waals surface area contributed by atoms with Gasteiger partial charge in [-0.15, -0.1) is 0 Å². The van der Waals surface area contributed by atoms with Crippen LogP contribution in [0.4, 0.5) is 23.0 Å². The van der Waals surface area contributed by atoms with Gasteiger partial charge in [-0.3, -0.25) is 4.79 Å². The number of nitrogens with zero attached hydrogens (tertiary/aromatic N) is 3. The third-order valence-electron chi connectivity index (χ3n) is 5.30. The molecule has 150 valence electrons. The fraction of sp³-hybridized carbons (Fsp3) is 0.500. The second-order valence-corrected chi connectivity index (χ2v) is 7.44. The van der Waals surface area contributed by atoms with Crippen molar-refractivity contribution in [1.29, 1.82) is 0 Å². The van der Waals surface area contributed by atoms with E-state index in [1.54, 1.807) is 0 Å². The topological polar surface area (TPSA) is 70.2 Å². The third-order valence-corrected chi connectivity index (χ3v) is 5.30. The maximum absolute atomic E-state index is 12.2. The molecule has 0 saturated heterocycles. The van der Waals surface area contributed by atoms with Crippen molar-refractivity contribution in [3.8, 4) is 0 Å². The molecule has 1 fully saturated rings. The summed E-state index contributed by atoms with van der Waals surface area (Å²) in [6.45, 7) is 7.95. The summed E-state index contributed by atoms with van der Waals surface area (Å²) in [4.78, 5) is 23.4. The predicted octanol–water partition coefficient (Wildman–Crippen LogP) is 4.89. The van der Waals surface area contributed by atoms with Crippen molar-refractivity contribution < 1.29 is 4.79 Å². The number of hydrogen-bond acceptors (Lipinski definition) is 5. The summed E-state index contributed by atoms with van der Waals surface area (Å²) >= 11 is 0. The molecule has 0 bridgehead atoms. The van der Waals surface area contributed by atoms with E-state index in [4.69, 9.17) is 0 Å². The molecule has 2 N–H and O–H groups in total. The van der Waals surface area contributed by atoms with E-state index < -0.39 is 0 Å². The van der Waals surface area contributed by atoms with Gasteiger partial charge in [0.1, 0.15) is 17.5 Å². The van der Waals surface area contributed by atoms with Crippen LogP contribution in [0.15, 0.2) is 30.3 Å². The van der Waals surface area contributed by atoms with E-state index in [0.29, 0.717) is 12.3 Å². The zero-order valence-corrected chi connectivity index (χ0v) is 17.2. The van der Waals surface area contributed by atoms with Crippen LogP contribution in [0, 0.1) is 12.8 Å². The monoisotopic (exact) mass is 381 g/mol. The molecule has 6 nitrogen and oxygen atoms in total. The molecule has 3 rings (SSSR count). The highest BCUT2D eigenvalue weighted by atomic mass is 16.1. The molecule has 2 aromatic rings.